The minimum absolute atomic E-state index is 0.160. The van der Waals surface area contributed by atoms with Gasteiger partial charge in [-0.3, -0.25) is 0 Å². The fourth-order valence-corrected chi connectivity index (χ4v) is 2.15. The standard InChI is InChI=1S/C16H19FN2/c1-11-6-4-5-7-15(11)19(3)16-9-8-13(12(2)18)10-14(16)17/h4-10,12H,18H2,1-3H3/t12-/m0/s1. The predicted molar refractivity (Wildman–Crippen MR) is 78.2 cm³/mol. The number of nitrogens with two attached hydrogens (primary N) is 1. The van der Waals surface area contributed by atoms with Crippen molar-refractivity contribution in [1.29, 1.82) is 0 Å². The fourth-order valence-electron chi connectivity index (χ4n) is 2.15. The number of rotatable bonds is 3. The largest absolute Gasteiger partial charge is 0.342 e. The molecule has 0 saturated heterocycles. The molecule has 0 aliphatic rings. The van der Waals surface area contributed by atoms with Crippen molar-refractivity contribution in [3.63, 3.8) is 0 Å². The summed E-state index contributed by atoms with van der Waals surface area (Å²) in [6.07, 6.45) is 0. The quantitative estimate of drug-likeness (QED) is 0.904. The van der Waals surface area contributed by atoms with Crippen LogP contribution in [0.3, 0.4) is 0 Å². The zero-order valence-electron chi connectivity index (χ0n) is 11.5. The van der Waals surface area contributed by atoms with Gasteiger partial charge in [0.15, 0.2) is 0 Å². The Morgan fingerprint density at radius 3 is 2.37 bits per heavy atom. The molecule has 0 saturated carbocycles. The molecule has 0 aliphatic carbocycles. The molecule has 0 radical (unpaired) electrons. The second-order valence-corrected chi connectivity index (χ2v) is 4.85. The predicted octanol–water partition coefficient (Wildman–Crippen LogP) is 3.92. The van der Waals surface area contributed by atoms with E-state index in [2.05, 4.69) is 0 Å². The first kappa shape index (κ1) is 13.6. The second-order valence-electron chi connectivity index (χ2n) is 4.85. The van der Waals surface area contributed by atoms with E-state index in [-0.39, 0.29) is 11.9 Å². The van der Waals surface area contributed by atoms with Crippen LogP contribution in [0.1, 0.15) is 24.1 Å². The van der Waals surface area contributed by atoms with Gasteiger partial charge < -0.3 is 10.6 Å². The molecule has 0 unspecified atom stereocenters. The zero-order valence-corrected chi connectivity index (χ0v) is 11.5. The Bertz CT molecular complexity index is 579. The molecule has 0 aliphatic heterocycles. The first-order chi connectivity index (χ1) is 9.00. The highest BCUT2D eigenvalue weighted by Gasteiger charge is 2.12. The van der Waals surface area contributed by atoms with E-state index in [9.17, 15) is 4.39 Å². The van der Waals surface area contributed by atoms with E-state index in [0.717, 1.165) is 16.8 Å². The van der Waals surface area contributed by atoms with Gasteiger partial charge in [0, 0.05) is 18.8 Å². The molecule has 2 rings (SSSR count). The third-order valence-electron chi connectivity index (χ3n) is 3.34. The van der Waals surface area contributed by atoms with E-state index in [1.165, 1.54) is 6.07 Å². The molecule has 0 heterocycles. The number of hydrogen-bond acceptors (Lipinski definition) is 2. The average molecular weight is 258 g/mol. The molecule has 0 fully saturated rings. The summed E-state index contributed by atoms with van der Waals surface area (Å²) in [5.74, 6) is -0.249. The van der Waals surface area contributed by atoms with Gasteiger partial charge in [-0.25, -0.2) is 4.39 Å². The van der Waals surface area contributed by atoms with E-state index >= 15 is 0 Å². The molecule has 0 bridgehead atoms. The molecule has 1 atom stereocenters. The maximum Gasteiger partial charge on any atom is 0.147 e. The lowest BCUT2D eigenvalue weighted by Gasteiger charge is -2.22. The van der Waals surface area contributed by atoms with Crippen molar-refractivity contribution in [3.8, 4) is 0 Å². The molecule has 3 heteroatoms. The average Bonchev–Trinajstić information content (AvgIpc) is 2.38. The molecular weight excluding hydrogens is 239 g/mol. The van der Waals surface area contributed by atoms with Crippen LogP contribution in [-0.2, 0) is 0 Å². The Hall–Kier alpha value is -1.87. The Morgan fingerprint density at radius 2 is 1.79 bits per heavy atom. The molecule has 2 aromatic carbocycles. The van der Waals surface area contributed by atoms with E-state index < -0.39 is 0 Å². The van der Waals surface area contributed by atoms with Gasteiger partial charge in [0.05, 0.1) is 5.69 Å². The third kappa shape index (κ3) is 2.76. The Labute approximate surface area is 113 Å². The zero-order chi connectivity index (χ0) is 14.0. The van der Waals surface area contributed by atoms with Crippen LogP contribution in [0.15, 0.2) is 42.5 Å². The van der Waals surface area contributed by atoms with Gasteiger partial charge in [-0.1, -0.05) is 24.3 Å². The number of halogens is 1. The van der Waals surface area contributed by atoms with Crippen molar-refractivity contribution in [3.05, 3.63) is 59.4 Å². The van der Waals surface area contributed by atoms with Crippen LogP contribution in [0.25, 0.3) is 0 Å². The molecule has 0 spiro atoms. The van der Waals surface area contributed by atoms with Crippen molar-refractivity contribution in [2.45, 2.75) is 19.9 Å². The second kappa shape index (κ2) is 5.41. The van der Waals surface area contributed by atoms with Gasteiger partial charge in [0.2, 0.25) is 0 Å². The molecular formula is C16H19FN2. The highest BCUT2D eigenvalue weighted by atomic mass is 19.1. The lowest BCUT2D eigenvalue weighted by molar-refractivity contribution is 0.622. The van der Waals surface area contributed by atoms with Crippen LogP contribution >= 0.6 is 0 Å². The topological polar surface area (TPSA) is 29.3 Å². The number of hydrogen-bond donors (Lipinski definition) is 1. The number of benzene rings is 2. The monoisotopic (exact) mass is 258 g/mol. The Balaban J connectivity index is 2.40. The lowest BCUT2D eigenvalue weighted by Crippen LogP contribution is -2.13. The van der Waals surface area contributed by atoms with Crippen molar-refractivity contribution >= 4 is 11.4 Å². The summed E-state index contributed by atoms with van der Waals surface area (Å²) in [5, 5.41) is 0. The summed E-state index contributed by atoms with van der Waals surface area (Å²) in [4.78, 5) is 1.86. The van der Waals surface area contributed by atoms with Crippen LogP contribution in [0, 0.1) is 12.7 Å². The summed E-state index contributed by atoms with van der Waals surface area (Å²) in [6, 6.07) is 12.9. The summed E-state index contributed by atoms with van der Waals surface area (Å²) >= 11 is 0. The lowest BCUT2D eigenvalue weighted by atomic mass is 10.1. The van der Waals surface area contributed by atoms with Crippen LogP contribution in [0.4, 0.5) is 15.8 Å². The Kier molecular flexibility index (Phi) is 3.86. The van der Waals surface area contributed by atoms with Crippen LogP contribution < -0.4 is 10.6 Å². The molecule has 2 N–H and O–H groups in total. The third-order valence-corrected chi connectivity index (χ3v) is 3.34. The van der Waals surface area contributed by atoms with Gasteiger partial charge in [-0.05, 0) is 43.2 Å². The van der Waals surface area contributed by atoms with Crippen molar-refractivity contribution in [2.75, 3.05) is 11.9 Å². The van der Waals surface area contributed by atoms with Crippen LogP contribution in [0.5, 0.6) is 0 Å². The first-order valence-corrected chi connectivity index (χ1v) is 6.35. The van der Waals surface area contributed by atoms with Gasteiger partial charge in [0.1, 0.15) is 5.82 Å². The first-order valence-electron chi connectivity index (χ1n) is 6.35. The molecule has 2 nitrogen and oxygen atoms in total. The molecule has 19 heavy (non-hydrogen) atoms. The summed E-state index contributed by atoms with van der Waals surface area (Å²) in [6.45, 7) is 3.86. The van der Waals surface area contributed by atoms with Gasteiger partial charge in [-0.15, -0.1) is 0 Å². The van der Waals surface area contributed by atoms with Crippen molar-refractivity contribution < 1.29 is 4.39 Å². The number of para-hydroxylation sites is 1. The number of nitrogens with zero attached hydrogens (tertiary/aromatic N) is 1. The minimum atomic E-state index is -0.249. The number of aryl methyl sites for hydroxylation is 1. The number of anilines is 2. The SMILES string of the molecule is Cc1ccccc1N(C)c1ccc([C@H](C)N)cc1F. The molecule has 100 valence electrons. The van der Waals surface area contributed by atoms with E-state index in [4.69, 9.17) is 5.73 Å². The molecule has 0 aromatic heterocycles. The van der Waals surface area contributed by atoms with Gasteiger partial charge in [-0.2, -0.15) is 0 Å². The summed E-state index contributed by atoms with van der Waals surface area (Å²) in [7, 11) is 1.87. The van der Waals surface area contributed by atoms with E-state index in [1.807, 2.05) is 56.1 Å². The van der Waals surface area contributed by atoms with Crippen molar-refractivity contribution in [2.24, 2.45) is 5.73 Å². The van der Waals surface area contributed by atoms with Crippen molar-refractivity contribution in [1.82, 2.24) is 0 Å². The molecule has 2 aromatic rings. The van der Waals surface area contributed by atoms with Crippen LogP contribution in [-0.4, -0.2) is 7.05 Å². The van der Waals surface area contributed by atoms with E-state index in [0.29, 0.717) is 5.69 Å². The maximum absolute atomic E-state index is 14.2. The van der Waals surface area contributed by atoms with Gasteiger partial charge in [0.25, 0.3) is 0 Å². The van der Waals surface area contributed by atoms with Crippen LogP contribution in [0.2, 0.25) is 0 Å². The maximum atomic E-state index is 14.2. The van der Waals surface area contributed by atoms with Gasteiger partial charge >= 0.3 is 0 Å². The summed E-state index contributed by atoms with van der Waals surface area (Å²) in [5.41, 5.74) is 9.23. The molecule has 0 amide bonds. The van der Waals surface area contributed by atoms with E-state index in [1.54, 1.807) is 6.07 Å². The normalized spacial score (nSPS) is 12.3. The fraction of sp³-hybridized carbons (Fsp3) is 0.250. The highest BCUT2D eigenvalue weighted by Crippen LogP contribution is 2.29. The highest BCUT2D eigenvalue weighted by molar-refractivity contribution is 5.66. The summed E-state index contributed by atoms with van der Waals surface area (Å²) < 4.78 is 14.2. The Morgan fingerprint density at radius 1 is 1.11 bits per heavy atom. The minimum Gasteiger partial charge on any atom is -0.342 e. The smallest absolute Gasteiger partial charge is 0.147 e.